The summed E-state index contributed by atoms with van der Waals surface area (Å²) < 4.78 is 33.3. The number of nitrogens with two attached hydrogens (primary N) is 1. The van der Waals surface area contributed by atoms with Gasteiger partial charge in [-0.1, -0.05) is 226 Å². The molecule has 1 unspecified atom stereocenters. The first-order chi connectivity index (χ1) is 27.4. The maximum absolute atomic E-state index is 12.6. The maximum Gasteiger partial charge on any atom is 0.472 e. The van der Waals surface area contributed by atoms with Gasteiger partial charge in [0.15, 0.2) is 6.10 Å². The summed E-state index contributed by atoms with van der Waals surface area (Å²) in [6.45, 7) is 4.30. The lowest BCUT2D eigenvalue weighted by molar-refractivity contribution is -0.153. The number of allylic oxidation sites excluding steroid dienone is 1. The van der Waals surface area contributed by atoms with Crippen molar-refractivity contribution in [2.45, 2.75) is 258 Å². The molecule has 0 aromatic heterocycles. The van der Waals surface area contributed by atoms with Crippen LogP contribution in [0.15, 0.2) is 12.3 Å². The Labute approximate surface area is 347 Å². The Morgan fingerprint density at radius 3 is 1.27 bits per heavy atom. The average molecular weight is 816 g/mol. The highest BCUT2D eigenvalue weighted by Crippen LogP contribution is 2.43. The van der Waals surface area contributed by atoms with Crippen molar-refractivity contribution in [2.75, 3.05) is 26.4 Å². The molecule has 56 heavy (non-hydrogen) atoms. The fourth-order valence-electron chi connectivity index (χ4n) is 7.20. The van der Waals surface area contributed by atoms with Gasteiger partial charge >= 0.3 is 13.8 Å². The molecular weight excluding hydrogens is 721 g/mol. The van der Waals surface area contributed by atoms with Crippen molar-refractivity contribution >= 4 is 13.8 Å². The molecule has 0 rings (SSSR count). The van der Waals surface area contributed by atoms with Crippen LogP contribution in [0.4, 0.5) is 0 Å². The minimum atomic E-state index is -4.29. The highest BCUT2D eigenvalue weighted by molar-refractivity contribution is 7.47. The second-order valence-corrected chi connectivity index (χ2v) is 17.9. The van der Waals surface area contributed by atoms with Crippen LogP contribution in [0.1, 0.15) is 251 Å². The summed E-state index contributed by atoms with van der Waals surface area (Å²) >= 11 is 0. The molecule has 0 aliphatic carbocycles. The summed E-state index contributed by atoms with van der Waals surface area (Å²) in [6, 6.07) is 0. The van der Waals surface area contributed by atoms with Gasteiger partial charge in [-0.3, -0.25) is 13.8 Å². The van der Waals surface area contributed by atoms with Gasteiger partial charge in [-0.25, -0.2) is 4.57 Å². The second kappa shape index (κ2) is 45.2. The minimum Gasteiger partial charge on any atom is -0.498 e. The number of hydrogen-bond donors (Lipinski definition) is 2. The molecule has 2 atom stereocenters. The van der Waals surface area contributed by atoms with E-state index in [4.69, 9.17) is 24.3 Å². The predicted octanol–water partition coefficient (Wildman–Crippen LogP) is 15.0. The normalized spacial score (nSPS) is 13.4. The lowest BCUT2D eigenvalue weighted by atomic mass is 10.0. The van der Waals surface area contributed by atoms with Gasteiger partial charge in [0.25, 0.3) is 0 Å². The average Bonchev–Trinajstić information content (AvgIpc) is 3.19. The molecule has 0 saturated carbocycles. The quantitative estimate of drug-likeness (QED) is 0.0270. The van der Waals surface area contributed by atoms with Crippen molar-refractivity contribution < 1.29 is 32.8 Å². The third-order valence-corrected chi connectivity index (χ3v) is 11.8. The van der Waals surface area contributed by atoms with Gasteiger partial charge in [0, 0.05) is 13.0 Å². The largest absolute Gasteiger partial charge is 0.498 e. The molecule has 0 aromatic rings. The molecule has 0 aromatic carbocycles. The fourth-order valence-corrected chi connectivity index (χ4v) is 7.97. The molecule has 3 N–H and O–H groups in total. The SMILES string of the molecule is CCCCCCCCCCCCCCCCCC/C=C\OC[C@H](COP(=O)(O)OCCN)OC(=O)CCCCCCCCCCCCCCCCCCCCC. The molecule has 0 heterocycles. The molecule has 0 aliphatic heterocycles. The topological polar surface area (TPSA) is 117 Å². The zero-order valence-corrected chi connectivity index (χ0v) is 38.0. The summed E-state index contributed by atoms with van der Waals surface area (Å²) in [5.41, 5.74) is 5.38. The number of ether oxygens (including phenoxy) is 2. The summed E-state index contributed by atoms with van der Waals surface area (Å²) in [4.78, 5) is 22.5. The predicted molar refractivity (Wildman–Crippen MR) is 238 cm³/mol. The second-order valence-electron chi connectivity index (χ2n) is 16.4. The van der Waals surface area contributed by atoms with Crippen molar-refractivity contribution in [1.29, 1.82) is 0 Å². The smallest absolute Gasteiger partial charge is 0.472 e. The van der Waals surface area contributed by atoms with Gasteiger partial charge in [-0.05, 0) is 25.3 Å². The zero-order valence-electron chi connectivity index (χ0n) is 37.1. The number of unbranched alkanes of at least 4 members (excludes halogenated alkanes) is 34. The van der Waals surface area contributed by atoms with E-state index in [2.05, 4.69) is 13.8 Å². The van der Waals surface area contributed by atoms with E-state index in [9.17, 15) is 14.3 Å². The van der Waals surface area contributed by atoms with E-state index in [1.165, 1.54) is 199 Å². The number of rotatable bonds is 47. The zero-order chi connectivity index (χ0) is 40.9. The molecule has 334 valence electrons. The van der Waals surface area contributed by atoms with Gasteiger partial charge in [-0.15, -0.1) is 0 Å². The van der Waals surface area contributed by atoms with Crippen LogP contribution in [-0.2, 0) is 27.9 Å². The molecule has 0 saturated heterocycles. The highest BCUT2D eigenvalue weighted by atomic mass is 31.2. The fraction of sp³-hybridized carbons (Fsp3) is 0.936. The van der Waals surface area contributed by atoms with Crippen molar-refractivity contribution in [1.82, 2.24) is 0 Å². The third kappa shape index (κ3) is 44.2. The van der Waals surface area contributed by atoms with Gasteiger partial charge in [0.2, 0.25) is 0 Å². The maximum atomic E-state index is 12.6. The molecule has 0 bridgehead atoms. The Morgan fingerprint density at radius 2 is 0.893 bits per heavy atom. The molecule has 0 amide bonds. The standard InChI is InChI=1S/C47H94NO7P/c1-3-5-7-9-11-13-15-17-19-21-23-24-26-28-30-32-34-36-38-40-47(49)55-46(45-54-56(50,51)53-43-41-48)44-52-42-39-37-35-33-31-29-27-25-22-20-18-16-14-12-10-8-6-4-2/h39,42,46H,3-38,40-41,43-45,48H2,1-2H3,(H,50,51)/b42-39-/t46-/m1/s1. The monoisotopic (exact) mass is 816 g/mol. The lowest BCUT2D eigenvalue weighted by Gasteiger charge is -2.19. The van der Waals surface area contributed by atoms with E-state index >= 15 is 0 Å². The number of carbonyl (C=O) groups is 1. The van der Waals surface area contributed by atoms with E-state index in [-0.39, 0.29) is 32.3 Å². The van der Waals surface area contributed by atoms with Crippen LogP contribution in [0.5, 0.6) is 0 Å². The van der Waals surface area contributed by atoms with Crippen molar-refractivity contribution in [3.8, 4) is 0 Å². The number of hydrogen-bond acceptors (Lipinski definition) is 7. The molecule has 8 nitrogen and oxygen atoms in total. The van der Waals surface area contributed by atoms with Gasteiger partial charge in [0.1, 0.15) is 6.61 Å². The molecule has 9 heteroatoms. The van der Waals surface area contributed by atoms with Crippen molar-refractivity contribution in [3.63, 3.8) is 0 Å². The summed E-state index contributed by atoms with van der Waals surface area (Å²) in [6.07, 6.45) is 50.5. The van der Waals surface area contributed by atoms with Crippen LogP contribution in [0.25, 0.3) is 0 Å². The lowest BCUT2D eigenvalue weighted by Crippen LogP contribution is -2.27. The van der Waals surface area contributed by atoms with Crippen LogP contribution in [0.2, 0.25) is 0 Å². The number of carbonyl (C=O) groups excluding carboxylic acids is 1. The van der Waals surface area contributed by atoms with E-state index in [0.29, 0.717) is 6.42 Å². The molecule has 0 aliphatic rings. The molecule has 0 spiro atoms. The van der Waals surface area contributed by atoms with Crippen LogP contribution in [0, 0.1) is 0 Å². The summed E-state index contributed by atoms with van der Waals surface area (Å²) in [7, 11) is -4.29. The Bertz CT molecular complexity index is 873. The van der Waals surface area contributed by atoms with E-state index < -0.39 is 13.9 Å². The summed E-state index contributed by atoms with van der Waals surface area (Å²) in [5.74, 6) is -0.345. The van der Waals surface area contributed by atoms with Crippen LogP contribution < -0.4 is 5.73 Å². The van der Waals surface area contributed by atoms with E-state index in [1.54, 1.807) is 6.26 Å². The number of phosphoric ester groups is 1. The van der Waals surface area contributed by atoms with Gasteiger partial charge in [0.05, 0.1) is 19.5 Å². The first-order valence-electron chi connectivity index (χ1n) is 24.2. The number of esters is 1. The van der Waals surface area contributed by atoms with Gasteiger partial charge in [-0.2, -0.15) is 0 Å². The van der Waals surface area contributed by atoms with E-state index in [0.717, 1.165) is 32.1 Å². The van der Waals surface area contributed by atoms with Crippen molar-refractivity contribution in [3.05, 3.63) is 12.3 Å². The minimum absolute atomic E-state index is 0.0390. The first kappa shape index (κ1) is 55.1. The molecular formula is C47H94NO7P. The van der Waals surface area contributed by atoms with Crippen molar-refractivity contribution in [2.24, 2.45) is 5.73 Å². The highest BCUT2D eigenvalue weighted by Gasteiger charge is 2.25. The first-order valence-corrected chi connectivity index (χ1v) is 25.7. The Balaban J connectivity index is 3.97. The Kier molecular flexibility index (Phi) is 44.4. The molecule has 0 radical (unpaired) electrons. The van der Waals surface area contributed by atoms with Crippen LogP contribution >= 0.6 is 7.82 Å². The Hall–Kier alpha value is -0.920. The van der Waals surface area contributed by atoms with Crippen LogP contribution in [0.3, 0.4) is 0 Å². The number of phosphoric acid groups is 1. The van der Waals surface area contributed by atoms with E-state index in [1.807, 2.05) is 6.08 Å². The third-order valence-electron chi connectivity index (χ3n) is 10.8. The van der Waals surface area contributed by atoms with Crippen LogP contribution in [-0.4, -0.2) is 43.3 Å². The molecule has 0 fully saturated rings. The Morgan fingerprint density at radius 1 is 0.536 bits per heavy atom. The van der Waals surface area contributed by atoms with Gasteiger partial charge < -0.3 is 20.1 Å². The summed E-state index contributed by atoms with van der Waals surface area (Å²) in [5, 5.41) is 0.